The number of aromatic nitrogens is 3. The van der Waals surface area contributed by atoms with E-state index < -0.39 is 0 Å². The van der Waals surface area contributed by atoms with E-state index in [2.05, 4.69) is 15.4 Å². The third-order valence-corrected chi connectivity index (χ3v) is 1.70. The summed E-state index contributed by atoms with van der Waals surface area (Å²) in [5, 5.41) is 14.1. The minimum atomic E-state index is 0.954. The number of H-pyrrole nitrogens is 1. The topological polar surface area (TPSA) is 41.6 Å². The van der Waals surface area contributed by atoms with Crippen molar-refractivity contribution in [3.8, 4) is 0 Å². The van der Waals surface area contributed by atoms with Gasteiger partial charge >= 0.3 is 0 Å². The summed E-state index contributed by atoms with van der Waals surface area (Å²) in [6.45, 7) is 0. The average Bonchev–Trinajstić information content (AvgIpc) is 2.15. The van der Waals surface area contributed by atoms with Crippen molar-refractivity contribution in [2.24, 2.45) is 0 Å². The predicted molar refractivity (Wildman–Crippen MR) is 31.8 cm³/mol. The van der Waals surface area contributed by atoms with Crippen LogP contribution in [0.5, 0.6) is 0 Å². The number of hydrogen-bond acceptors (Lipinski definition) is 3. The highest BCUT2D eigenvalue weighted by Gasteiger charge is 1.92. The van der Waals surface area contributed by atoms with E-state index in [1.54, 1.807) is 11.3 Å². The molecule has 0 bridgehead atoms. The molecule has 8 heavy (non-hydrogen) atoms. The van der Waals surface area contributed by atoms with E-state index in [1.807, 2.05) is 10.8 Å². The van der Waals surface area contributed by atoms with Gasteiger partial charge in [-0.25, -0.2) is 0 Å². The fourth-order valence-corrected chi connectivity index (χ4v) is 1.26. The molecule has 0 fully saturated rings. The SMILES string of the molecule is c1scc2[nH]nnc12. The van der Waals surface area contributed by atoms with Gasteiger partial charge in [-0.1, -0.05) is 5.21 Å². The lowest BCUT2D eigenvalue weighted by Crippen LogP contribution is -1.64. The molecule has 4 heteroatoms. The number of thiophene rings is 1. The molecule has 0 aliphatic heterocycles. The smallest absolute Gasteiger partial charge is 0.123 e. The predicted octanol–water partition coefficient (Wildman–Crippen LogP) is 1.02. The maximum Gasteiger partial charge on any atom is 0.123 e. The molecule has 2 aromatic rings. The molecule has 0 saturated heterocycles. The van der Waals surface area contributed by atoms with Crippen molar-refractivity contribution < 1.29 is 0 Å². The molecule has 40 valence electrons. The molecule has 0 spiro atoms. The number of rotatable bonds is 0. The quantitative estimate of drug-likeness (QED) is 0.571. The van der Waals surface area contributed by atoms with Gasteiger partial charge in [0.25, 0.3) is 0 Å². The fraction of sp³-hybridized carbons (Fsp3) is 0. The number of nitrogens with zero attached hydrogens (tertiary/aromatic N) is 2. The average molecular weight is 125 g/mol. The van der Waals surface area contributed by atoms with Crippen LogP contribution in [0.15, 0.2) is 10.8 Å². The molecule has 0 aliphatic rings. The molecule has 0 unspecified atom stereocenters. The first-order valence-corrected chi connectivity index (χ1v) is 3.14. The lowest BCUT2D eigenvalue weighted by molar-refractivity contribution is 0.959. The zero-order chi connectivity index (χ0) is 5.40. The summed E-state index contributed by atoms with van der Waals surface area (Å²) in [5.74, 6) is 0. The lowest BCUT2D eigenvalue weighted by atomic mass is 10.5. The minimum absolute atomic E-state index is 0.954. The van der Waals surface area contributed by atoms with Crippen LogP contribution in [0.4, 0.5) is 0 Å². The Bertz CT molecular complexity index is 233. The molecule has 0 saturated carbocycles. The first-order valence-electron chi connectivity index (χ1n) is 2.20. The normalized spacial score (nSPS) is 10.5. The fourth-order valence-electron chi connectivity index (χ4n) is 0.584. The van der Waals surface area contributed by atoms with Crippen molar-refractivity contribution in [1.82, 2.24) is 15.4 Å². The molecule has 2 aromatic heterocycles. The molecule has 2 heterocycles. The Morgan fingerprint density at radius 3 is 3.38 bits per heavy atom. The highest BCUT2D eigenvalue weighted by atomic mass is 32.1. The summed E-state index contributed by atoms with van der Waals surface area (Å²) in [4.78, 5) is 0. The van der Waals surface area contributed by atoms with Gasteiger partial charge in [0.05, 0.1) is 5.52 Å². The first-order chi connectivity index (χ1) is 3.97. The van der Waals surface area contributed by atoms with E-state index in [4.69, 9.17) is 0 Å². The van der Waals surface area contributed by atoms with E-state index >= 15 is 0 Å². The Kier molecular flexibility index (Phi) is 0.648. The number of hydrogen-bond donors (Lipinski definition) is 1. The van der Waals surface area contributed by atoms with Gasteiger partial charge in [-0.3, -0.25) is 5.10 Å². The van der Waals surface area contributed by atoms with Crippen LogP contribution in [0.2, 0.25) is 0 Å². The minimum Gasteiger partial charge on any atom is -0.257 e. The summed E-state index contributed by atoms with van der Waals surface area (Å²) in [7, 11) is 0. The monoisotopic (exact) mass is 125 g/mol. The molecule has 0 aliphatic carbocycles. The van der Waals surface area contributed by atoms with Gasteiger partial charge in [0.2, 0.25) is 0 Å². The van der Waals surface area contributed by atoms with Crippen LogP contribution in [0.1, 0.15) is 0 Å². The molecule has 3 nitrogen and oxygen atoms in total. The van der Waals surface area contributed by atoms with Crippen LogP contribution < -0.4 is 0 Å². The molecular weight excluding hydrogens is 122 g/mol. The van der Waals surface area contributed by atoms with Crippen LogP contribution in [0.25, 0.3) is 11.0 Å². The molecular formula is C4H3N3S. The third kappa shape index (κ3) is 0.376. The van der Waals surface area contributed by atoms with Gasteiger partial charge in [-0.05, 0) is 0 Å². The summed E-state index contributed by atoms with van der Waals surface area (Å²) in [5.41, 5.74) is 1.98. The maximum atomic E-state index is 3.78. The van der Waals surface area contributed by atoms with E-state index in [9.17, 15) is 0 Å². The van der Waals surface area contributed by atoms with E-state index in [0.717, 1.165) is 11.0 Å². The Hall–Kier alpha value is -0.900. The third-order valence-electron chi connectivity index (χ3n) is 0.970. The molecule has 0 atom stereocenters. The van der Waals surface area contributed by atoms with E-state index in [-0.39, 0.29) is 0 Å². The Morgan fingerprint density at radius 2 is 2.50 bits per heavy atom. The standard InChI is InChI=1S/C4H3N3S/c1-3-4(2-8-1)6-7-5-3/h1-2H,(H,5,6). The van der Waals surface area contributed by atoms with Crippen LogP contribution in [-0.2, 0) is 0 Å². The zero-order valence-electron chi connectivity index (χ0n) is 3.96. The summed E-state index contributed by atoms with van der Waals surface area (Å²) in [6, 6.07) is 0. The van der Waals surface area contributed by atoms with Crippen molar-refractivity contribution in [2.45, 2.75) is 0 Å². The van der Waals surface area contributed by atoms with Crippen LogP contribution in [-0.4, -0.2) is 15.4 Å². The zero-order valence-corrected chi connectivity index (χ0v) is 4.77. The number of nitrogens with one attached hydrogen (secondary N) is 1. The van der Waals surface area contributed by atoms with Crippen molar-refractivity contribution in [1.29, 1.82) is 0 Å². The second kappa shape index (κ2) is 1.29. The van der Waals surface area contributed by atoms with Gasteiger partial charge in [-0.2, -0.15) is 0 Å². The van der Waals surface area contributed by atoms with Crippen molar-refractivity contribution in [3.05, 3.63) is 10.8 Å². The highest BCUT2D eigenvalue weighted by Crippen LogP contribution is 2.11. The van der Waals surface area contributed by atoms with Gasteiger partial charge in [-0.15, -0.1) is 16.4 Å². The summed E-state index contributed by atoms with van der Waals surface area (Å²) < 4.78 is 0. The van der Waals surface area contributed by atoms with Crippen LogP contribution >= 0.6 is 11.3 Å². The summed E-state index contributed by atoms with van der Waals surface area (Å²) in [6.07, 6.45) is 0. The second-order valence-corrected chi connectivity index (χ2v) is 2.23. The van der Waals surface area contributed by atoms with E-state index in [1.165, 1.54) is 0 Å². The molecule has 0 radical (unpaired) electrons. The lowest BCUT2D eigenvalue weighted by Gasteiger charge is -1.60. The Balaban J connectivity index is 3.06. The number of fused-ring (bicyclic) bond motifs is 1. The van der Waals surface area contributed by atoms with Crippen molar-refractivity contribution in [3.63, 3.8) is 0 Å². The first kappa shape index (κ1) is 4.03. The second-order valence-electron chi connectivity index (χ2n) is 1.48. The molecule has 1 N–H and O–H groups in total. The van der Waals surface area contributed by atoms with Crippen molar-refractivity contribution >= 4 is 22.4 Å². The van der Waals surface area contributed by atoms with Crippen molar-refractivity contribution in [2.75, 3.05) is 0 Å². The highest BCUT2D eigenvalue weighted by molar-refractivity contribution is 7.09. The van der Waals surface area contributed by atoms with Gasteiger partial charge in [0, 0.05) is 10.8 Å². The molecule has 0 amide bonds. The molecule has 0 aromatic carbocycles. The van der Waals surface area contributed by atoms with Crippen LogP contribution in [0, 0.1) is 0 Å². The largest absolute Gasteiger partial charge is 0.257 e. The van der Waals surface area contributed by atoms with Gasteiger partial charge in [0.15, 0.2) is 0 Å². The van der Waals surface area contributed by atoms with Gasteiger partial charge < -0.3 is 0 Å². The Morgan fingerprint density at radius 1 is 1.50 bits per heavy atom. The number of aromatic amines is 1. The maximum absolute atomic E-state index is 3.78. The summed E-state index contributed by atoms with van der Waals surface area (Å²) >= 11 is 1.63. The van der Waals surface area contributed by atoms with Gasteiger partial charge in [0.1, 0.15) is 5.52 Å². The molecule has 2 rings (SSSR count). The van der Waals surface area contributed by atoms with E-state index in [0.29, 0.717) is 0 Å². The Labute approximate surface area is 49.3 Å². The van der Waals surface area contributed by atoms with Crippen LogP contribution in [0.3, 0.4) is 0 Å².